The van der Waals surface area contributed by atoms with Crippen LogP contribution >= 0.6 is 0 Å². The van der Waals surface area contributed by atoms with Crippen LogP contribution in [0.25, 0.3) is 0 Å². The van der Waals surface area contributed by atoms with Crippen molar-refractivity contribution in [1.82, 2.24) is 0 Å². The third-order valence-corrected chi connectivity index (χ3v) is 2.85. The van der Waals surface area contributed by atoms with E-state index in [-0.39, 0.29) is 5.56 Å². The molecule has 0 aliphatic heterocycles. The van der Waals surface area contributed by atoms with Crippen molar-refractivity contribution in [3.63, 3.8) is 0 Å². The molecule has 0 fully saturated rings. The van der Waals surface area contributed by atoms with Crippen LogP contribution in [0.15, 0.2) is 36.4 Å². The first-order chi connectivity index (χ1) is 9.90. The van der Waals surface area contributed by atoms with Gasteiger partial charge in [0.15, 0.2) is 17.4 Å². The highest BCUT2D eigenvalue weighted by atomic mass is 19.2. The van der Waals surface area contributed by atoms with Gasteiger partial charge in [0.05, 0.1) is 16.6 Å². The van der Waals surface area contributed by atoms with Crippen molar-refractivity contribution in [2.24, 2.45) is 0 Å². The summed E-state index contributed by atoms with van der Waals surface area (Å²) >= 11 is 0. The number of carbonyl (C=O) groups excluding carboxylic acids is 1. The molecule has 21 heavy (non-hydrogen) atoms. The largest absolute Gasteiger partial charge is 0.294 e. The van der Waals surface area contributed by atoms with Crippen LogP contribution in [-0.4, -0.2) is 10.7 Å². The first-order valence-electron chi connectivity index (χ1n) is 5.80. The lowest BCUT2D eigenvalue weighted by Crippen LogP contribution is -2.08. The third-order valence-electron chi connectivity index (χ3n) is 2.85. The van der Waals surface area contributed by atoms with Crippen molar-refractivity contribution in [3.8, 4) is 0 Å². The number of carbonyl (C=O) groups is 1. The van der Waals surface area contributed by atoms with Crippen molar-refractivity contribution in [1.29, 1.82) is 0 Å². The van der Waals surface area contributed by atoms with E-state index in [4.69, 9.17) is 0 Å². The van der Waals surface area contributed by atoms with Crippen LogP contribution in [0.1, 0.15) is 15.9 Å². The Morgan fingerprint density at radius 3 is 2.43 bits per heavy atom. The van der Waals surface area contributed by atoms with Gasteiger partial charge in [-0.2, -0.15) is 0 Å². The van der Waals surface area contributed by atoms with Gasteiger partial charge in [0.25, 0.3) is 5.69 Å². The number of halogens is 3. The second kappa shape index (κ2) is 5.74. The molecule has 2 rings (SSSR count). The Hall–Kier alpha value is -2.70. The standard InChI is InChI=1S/C14H8F3NO3/c15-11-3-1-2-8(14(11)17)6-13(19)10-5-4-9(18(20)21)7-12(10)16/h1-5,7H,6H2. The predicted octanol–water partition coefficient (Wildman–Crippen LogP) is 3.44. The monoisotopic (exact) mass is 295 g/mol. The lowest BCUT2D eigenvalue weighted by molar-refractivity contribution is -0.385. The van der Waals surface area contributed by atoms with Crippen LogP contribution in [0.3, 0.4) is 0 Å². The second-order valence-electron chi connectivity index (χ2n) is 4.23. The summed E-state index contributed by atoms with van der Waals surface area (Å²) in [7, 11) is 0. The number of nitro benzene ring substituents is 1. The lowest BCUT2D eigenvalue weighted by atomic mass is 10.0. The van der Waals surface area contributed by atoms with Crippen molar-refractivity contribution >= 4 is 11.5 Å². The van der Waals surface area contributed by atoms with E-state index in [2.05, 4.69) is 0 Å². The summed E-state index contributed by atoms with van der Waals surface area (Å²) in [6.07, 6.45) is -0.543. The van der Waals surface area contributed by atoms with E-state index in [9.17, 15) is 28.1 Å². The Bertz CT molecular complexity index is 731. The molecule has 0 saturated heterocycles. The van der Waals surface area contributed by atoms with Gasteiger partial charge in [-0.05, 0) is 17.7 Å². The highest BCUT2D eigenvalue weighted by molar-refractivity contribution is 5.98. The summed E-state index contributed by atoms with van der Waals surface area (Å²) in [5.74, 6) is -4.16. The minimum absolute atomic E-state index is 0.210. The molecule has 0 atom stereocenters. The van der Waals surface area contributed by atoms with Crippen LogP contribution in [0, 0.1) is 27.6 Å². The first-order valence-corrected chi connectivity index (χ1v) is 5.80. The van der Waals surface area contributed by atoms with E-state index < -0.39 is 45.8 Å². The predicted molar refractivity (Wildman–Crippen MR) is 67.4 cm³/mol. The Kier molecular flexibility index (Phi) is 4.02. The molecule has 0 saturated carbocycles. The summed E-state index contributed by atoms with van der Waals surface area (Å²) < 4.78 is 40.1. The summed E-state index contributed by atoms with van der Waals surface area (Å²) in [5.41, 5.74) is -1.12. The average Bonchev–Trinajstić information content (AvgIpc) is 2.43. The van der Waals surface area contributed by atoms with Gasteiger partial charge in [-0.15, -0.1) is 0 Å². The molecule has 0 radical (unpaired) electrons. The molecule has 0 aromatic heterocycles. The summed E-state index contributed by atoms with van der Waals surface area (Å²) in [5, 5.41) is 10.5. The molecule has 7 heteroatoms. The number of nitrogens with zero attached hydrogens (tertiary/aromatic N) is 1. The maximum Gasteiger partial charge on any atom is 0.272 e. The Labute approximate surface area is 117 Å². The maximum absolute atomic E-state index is 13.7. The topological polar surface area (TPSA) is 60.2 Å². The average molecular weight is 295 g/mol. The van der Waals surface area contributed by atoms with Crippen LogP contribution < -0.4 is 0 Å². The normalized spacial score (nSPS) is 10.4. The molecule has 108 valence electrons. The number of benzene rings is 2. The fourth-order valence-electron chi connectivity index (χ4n) is 1.80. The number of nitro groups is 1. The molecule has 0 unspecified atom stereocenters. The SMILES string of the molecule is O=C(Cc1cccc(F)c1F)c1ccc([N+](=O)[O-])cc1F. The fraction of sp³-hybridized carbons (Fsp3) is 0.0714. The molecule has 0 aliphatic rings. The molecular weight excluding hydrogens is 287 g/mol. The van der Waals surface area contributed by atoms with E-state index in [1.807, 2.05) is 0 Å². The Balaban J connectivity index is 2.29. The van der Waals surface area contributed by atoms with E-state index >= 15 is 0 Å². The van der Waals surface area contributed by atoms with Gasteiger partial charge in [0, 0.05) is 12.5 Å². The highest BCUT2D eigenvalue weighted by Gasteiger charge is 2.18. The maximum atomic E-state index is 13.7. The van der Waals surface area contributed by atoms with E-state index in [1.54, 1.807) is 0 Å². The van der Waals surface area contributed by atoms with Crippen LogP contribution in [-0.2, 0) is 6.42 Å². The van der Waals surface area contributed by atoms with Gasteiger partial charge in [0.1, 0.15) is 5.82 Å². The van der Waals surface area contributed by atoms with Crippen LogP contribution in [0.4, 0.5) is 18.9 Å². The third kappa shape index (κ3) is 3.07. The minimum atomic E-state index is -1.17. The number of non-ortho nitro benzene ring substituents is 1. The van der Waals surface area contributed by atoms with Crippen molar-refractivity contribution < 1.29 is 22.9 Å². The highest BCUT2D eigenvalue weighted by Crippen LogP contribution is 2.19. The quantitative estimate of drug-likeness (QED) is 0.493. The molecule has 0 heterocycles. The van der Waals surface area contributed by atoms with Gasteiger partial charge < -0.3 is 0 Å². The van der Waals surface area contributed by atoms with Crippen LogP contribution in [0.5, 0.6) is 0 Å². The molecule has 2 aromatic carbocycles. The minimum Gasteiger partial charge on any atom is -0.294 e. The van der Waals surface area contributed by atoms with Crippen LogP contribution in [0.2, 0.25) is 0 Å². The van der Waals surface area contributed by atoms with Crippen molar-refractivity contribution in [3.05, 3.63) is 75.1 Å². The zero-order valence-electron chi connectivity index (χ0n) is 10.5. The molecule has 0 aliphatic carbocycles. The van der Waals surface area contributed by atoms with E-state index in [0.717, 1.165) is 18.2 Å². The lowest BCUT2D eigenvalue weighted by Gasteiger charge is -2.05. The number of hydrogen-bond acceptors (Lipinski definition) is 3. The molecule has 4 nitrogen and oxygen atoms in total. The van der Waals surface area contributed by atoms with E-state index in [1.165, 1.54) is 12.1 Å². The summed E-state index contributed by atoms with van der Waals surface area (Å²) in [4.78, 5) is 21.5. The van der Waals surface area contributed by atoms with E-state index in [0.29, 0.717) is 6.07 Å². The molecule has 0 spiro atoms. The summed E-state index contributed by atoms with van der Waals surface area (Å²) in [6, 6.07) is 5.86. The molecule has 0 bridgehead atoms. The van der Waals surface area contributed by atoms with Gasteiger partial charge in [-0.25, -0.2) is 13.2 Å². The summed E-state index contributed by atoms with van der Waals surface area (Å²) in [6.45, 7) is 0. The molecule has 0 N–H and O–H groups in total. The Morgan fingerprint density at radius 2 is 1.81 bits per heavy atom. The van der Waals surface area contributed by atoms with Gasteiger partial charge in [-0.3, -0.25) is 14.9 Å². The zero-order valence-corrected chi connectivity index (χ0v) is 10.5. The second-order valence-corrected chi connectivity index (χ2v) is 4.23. The van der Waals surface area contributed by atoms with Crippen molar-refractivity contribution in [2.75, 3.05) is 0 Å². The zero-order chi connectivity index (χ0) is 15.6. The van der Waals surface area contributed by atoms with Gasteiger partial charge >= 0.3 is 0 Å². The van der Waals surface area contributed by atoms with Gasteiger partial charge in [0.2, 0.25) is 0 Å². The molecular formula is C14H8F3NO3. The number of Topliss-reactive ketones (excluding diaryl/α,β-unsaturated/α-hetero) is 1. The van der Waals surface area contributed by atoms with Crippen molar-refractivity contribution in [2.45, 2.75) is 6.42 Å². The number of ketones is 1. The molecule has 0 amide bonds. The first kappa shape index (κ1) is 14.7. The fourth-order valence-corrected chi connectivity index (χ4v) is 1.80. The molecule has 2 aromatic rings. The smallest absolute Gasteiger partial charge is 0.272 e. The van der Waals surface area contributed by atoms with Gasteiger partial charge in [-0.1, -0.05) is 12.1 Å². The number of rotatable bonds is 4. The number of hydrogen-bond donors (Lipinski definition) is 0. The Morgan fingerprint density at radius 1 is 1.10 bits per heavy atom.